The number of hydrogen-bond acceptors (Lipinski definition) is 5. The molecule has 0 spiro atoms. The Morgan fingerprint density at radius 3 is 2.65 bits per heavy atom. The summed E-state index contributed by atoms with van der Waals surface area (Å²) in [6, 6.07) is 0. The number of carbonyl (C=O) groups excluding carboxylic acids is 1. The first-order valence-electron chi connectivity index (χ1n) is 4.33. The van der Waals surface area contributed by atoms with Crippen LogP contribution in [-0.2, 0) is 9.53 Å². The average Bonchev–Trinajstić information content (AvgIpc) is 2.29. The SMILES string of the molecule is O=C=NC(OC1([N+](=O)[O-])C=CC=CC1)=C(Cl)Cl. The van der Waals surface area contributed by atoms with Gasteiger partial charge in [-0.25, -0.2) is 4.79 Å². The molecule has 6 nitrogen and oxygen atoms in total. The maximum absolute atomic E-state index is 11.0. The van der Waals surface area contributed by atoms with Gasteiger partial charge in [0.15, 0.2) is 4.49 Å². The average molecular weight is 277 g/mol. The Morgan fingerprint density at radius 1 is 1.53 bits per heavy atom. The number of halogens is 2. The summed E-state index contributed by atoms with van der Waals surface area (Å²) >= 11 is 10.8. The van der Waals surface area contributed by atoms with E-state index < -0.39 is 21.0 Å². The van der Waals surface area contributed by atoms with Gasteiger partial charge in [0.05, 0.1) is 11.3 Å². The molecule has 0 aromatic carbocycles. The first-order chi connectivity index (χ1) is 8.02. The van der Waals surface area contributed by atoms with Crippen molar-refractivity contribution in [3.63, 3.8) is 0 Å². The summed E-state index contributed by atoms with van der Waals surface area (Å²) in [5.41, 5.74) is -1.86. The highest BCUT2D eigenvalue weighted by Gasteiger charge is 2.43. The predicted molar refractivity (Wildman–Crippen MR) is 60.6 cm³/mol. The van der Waals surface area contributed by atoms with Gasteiger partial charge >= 0.3 is 5.72 Å². The number of ether oxygens (including phenoxy) is 1. The van der Waals surface area contributed by atoms with Gasteiger partial charge in [0.1, 0.15) is 0 Å². The van der Waals surface area contributed by atoms with E-state index in [0.717, 1.165) is 6.08 Å². The maximum Gasteiger partial charge on any atom is 0.388 e. The number of allylic oxidation sites excluding steroid dienone is 2. The zero-order chi connectivity index (χ0) is 12.9. The summed E-state index contributed by atoms with van der Waals surface area (Å²) in [6.45, 7) is 0. The molecule has 0 fully saturated rings. The molecule has 0 N–H and O–H groups in total. The van der Waals surface area contributed by atoms with E-state index in [2.05, 4.69) is 4.99 Å². The molecule has 90 valence electrons. The Bertz CT molecular complexity index is 462. The van der Waals surface area contributed by atoms with Crippen molar-refractivity contribution in [1.82, 2.24) is 0 Å². The molecular weight excluding hydrogens is 271 g/mol. The van der Waals surface area contributed by atoms with Crippen LogP contribution in [0.5, 0.6) is 0 Å². The standard InChI is InChI=1S/C9H6Cl2N2O4/c10-7(11)8(12-6-14)17-9(13(15)16)4-2-1-3-5-9/h1-4H,5H2. The van der Waals surface area contributed by atoms with Gasteiger partial charge in [-0.2, -0.15) is 0 Å². The molecular formula is C9H6Cl2N2O4. The van der Waals surface area contributed by atoms with Crippen LogP contribution in [-0.4, -0.2) is 16.7 Å². The van der Waals surface area contributed by atoms with Crippen molar-refractivity contribution in [2.24, 2.45) is 4.99 Å². The summed E-state index contributed by atoms with van der Waals surface area (Å²) in [5.74, 6) is -0.542. The first kappa shape index (κ1) is 13.4. The van der Waals surface area contributed by atoms with Crippen molar-refractivity contribution >= 4 is 29.3 Å². The summed E-state index contributed by atoms with van der Waals surface area (Å²) in [7, 11) is 0. The Balaban J connectivity index is 3.07. The predicted octanol–water partition coefficient (Wildman–Crippen LogP) is 2.43. The number of nitro groups is 1. The van der Waals surface area contributed by atoms with Gasteiger partial charge < -0.3 is 4.74 Å². The highest BCUT2D eigenvalue weighted by atomic mass is 35.5. The largest absolute Gasteiger partial charge is 0.403 e. The van der Waals surface area contributed by atoms with Crippen LogP contribution in [0, 0.1) is 10.1 Å². The van der Waals surface area contributed by atoms with E-state index in [4.69, 9.17) is 27.9 Å². The normalized spacial score (nSPS) is 21.5. The van der Waals surface area contributed by atoms with E-state index >= 15 is 0 Å². The molecule has 0 radical (unpaired) electrons. The minimum Gasteiger partial charge on any atom is -0.403 e. The van der Waals surface area contributed by atoms with Crippen LogP contribution in [0.1, 0.15) is 6.42 Å². The molecule has 0 amide bonds. The van der Waals surface area contributed by atoms with Crippen LogP contribution < -0.4 is 0 Å². The molecule has 1 rings (SSSR count). The monoisotopic (exact) mass is 276 g/mol. The fourth-order valence-electron chi connectivity index (χ4n) is 1.15. The lowest BCUT2D eigenvalue weighted by Crippen LogP contribution is -2.39. The molecule has 0 bridgehead atoms. The Kier molecular flexibility index (Phi) is 4.45. The fraction of sp³-hybridized carbons (Fsp3) is 0.222. The summed E-state index contributed by atoms with van der Waals surface area (Å²) < 4.78 is 4.50. The molecule has 1 atom stereocenters. The third kappa shape index (κ3) is 3.17. The second-order valence-corrected chi connectivity index (χ2v) is 3.91. The quantitative estimate of drug-likeness (QED) is 0.197. The third-order valence-electron chi connectivity index (χ3n) is 1.91. The van der Waals surface area contributed by atoms with Crippen LogP contribution in [0.2, 0.25) is 0 Å². The third-order valence-corrected chi connectivity index (χ3v) is 2.23. The van der Waals surface area contributed by atoms with E-state index in [1.54, 1.807) is 6.08 Å². The van der Waals surface area contributed by atoms with Gasteiger partial charge in [0.25, 0.3) is 5.88 Å². The molecule has 1 unspecified atom stereocenters. The zero-order valence-electron chi connectivity index (χ0n) is 8.30. The zero-order valence-corrected chi connectivity index (χ0v) is 9.81. The van der Waals surface area contributed by atoms with E-state index in [1.165, 1.54) is 18.2 Å². The van der Waals surface area contributed by atoms with Gasteiger partial charge in [0.2, 0.25) is 6.08 Å². The van der Waals surface area contributed by atoms with E-state index in [-0.39, 0.29) is 6.42 Å². The molecule has 1 aliphatic rings. The molecule has 0 saturated heterocycles. The number of rotatable bonds is 4. The summed E-state index contributed by atoms with van der Waals surface area (Å²) in [4.78, 5) is 23.5. The number of nitrogens with zero attached hydrogens (tertiary/aromatic N) is 2. The van der Waals surface area contributed by atoms with E-state index in [1.807, 2.05) is 0 Å². The number of aliphatic imine (C=N–C) groups is 1. The lowest BCUT2D eigenvalue weighted by atomic mass is 10.1. The summed E-state index contributed by atoms with van der Waals surface area (Å²) in [6.07, 6.45) is 6.93. The summed E-state index contributed by atoms with van der Waals surface area (Å²) in [5, 5.41) is 11.0. The smallest absolute Gasteiger partial charge is 0.388 e. The van der Waals surface area contributed by atoms with Gasteiger partial charge in [-0.05, 0) is 0 Å². The minimum absolute atomic E-state index is 0.0323. The van der Waals surface area contributed by atoms with Crippen LogP contribution in [0.25, 0.3) is 0 Å². The molecule has 0 saturated carbocycles. The first-order valence-corrected chi connectivity index (χ1v) is 5.08. The highest BCUT2D eigenvalue weighted by Crippen LogP contribution is 2.29. The minimum atomic E-state index is -1.86. The molecule has 0 aromatic heterocycles. The highest BCUT2D eigenvalue weighted by molar-refractivity contribution is 6.56. The van der Waals surface area contributed by atoms with Crippen molar-refractivity contribution in [3.8, 4) is 0 Å². The Morgan fingerprint density at radius 2 is 2.24 bits per heavy atom. The van der Waals surface area contributed by atoms with Crippen LogP contribution in [0.15, 0.2) is 39.7 Å². The van der Waals surface area contributed by atoms with E-state index in [9.17, 15) is 14.9 Å². The van der Waals surface area contributed by atoms with Crippen molar-refractivity contribution < 1.29 is 14.5 Å². The molecule has 0 aromatic rings. The topological polar surface area (TPSA) is 81.8 Å². The van der Waals surface area contributed by atoms with Crippen LogP contribution >= 0.6 is 23.2 Å². The Labute approximate surface area is 106 Å². The lowest BCUT2D eigenvalue weighted by molar-refractivity contribution is -0.608. The van der Waals surface area contributed by atoms with Gasteiger partial charge in [0, 0.05) is 6.08 Å². The molecule has 1 aliphatic carbocycles. The van der Waals surface area contributed by atoms with E-state index in [0.29, 0.717) is 0 Å². The molecule has 17 heavy (non-hydrogen) atoms. The van der Waals surface area contributed by atoms with Crippen LogP contribution in [0.3, 0.4) is 0 Å². The van der Waals surface area contributed by atoms with Gasteiger partial charge in [-0.3, -0.25) is 10.1 Å². The van der Waals surface area contributed by atoms with Crippen molar-refractivity contribution in [1.29, 1.82) is 0 Å². The second-order valence-electron chi connectivity index (χ2n) is 2.96. The van der Waals surface area contributed by atoms with Crippen LogP contribution in [0.4, 0.5) is 0 Å². The maximum atomic E-state index is 11.0. The van der Waals surface area contributed by atoms with Gasteiger partial charge in [-0.1, -0.05) is 41.4 Å². The van der Waals surface area contributed by atoms with Gasteiger partial charge in [-0.15, -0.1) is 4.99 Å². The Hall–Kier alpha value is -1.62. The molecule has 0 aliphatic heterocycles. The van der Waals surface area contributed by atoms with Crippen molar-refractivity contribution in [2.75, 3.05) is 0 Å². The molecule has 8 heteroatoms. The number of isocyanates is 1. The lowest BCUT2D eigenvalue weighted by Gasteiger charge is -2.22. The van der Waals surface area contributed by atoms with Crippen molar-refractivity contribution in [2.45, 2.75) is 12.1 Å². The molecule has 0 heterocycles. The fourth-order valence-corrected chi connectivity index (χ4v) is 1.31. The van der Waals surface area contributed by atoms with Crippen molar-refractivity contribution in [3.05, 3.63) is 44.8 Å². The number of hydrogen-bond donors (Lipinski definition) is 0. The second kappa shape index (κ2) is 5.63.